The van der Waals surface area contributed by atoms with Crippen LogP contribution in [0.15, 0.2) is 0 Å². The minimum atomic E-state index is -0.889. The van der Waals surface area contributed by atoms with Crippen molar-refractivity contribution in [1.29, 1.82) is 0 Å². The van der Waals surface area contributed by atoms with Crippen LogP contribution in [0.25, 0.3) is 0 Å². The zero-order valence-corrected chi connectivity index (χ0v) is 23.4. The van der Waals surface area contributed by atoms with Gasteiger partial charge in [0.25, 0.3) is 0 Å². The Hall–Kier alpha value is 1.73. The van der Waals surface area contributed by atoms with E-state index in [0.29, 0.717) is 0 Å². The van der Waals surface area contributed by atoms with E-state index in [9.17, 15) is 0 Å². The van der Waals surface area contributed by atoms with Gasteiger partial charge in [0, 0.05) is 19.5 Å². The molecule has 0 radical (unpaired) electrons. The summed E-state index contributed by atoms with van der Waals surface area (Å²) in [6.07, 6.45) is 0. The summed E-state index contributed by atoms with van der Waals surface area (Å²) in [5.74, 6) is 0. The van der Waals surface area contributed by atoms with Crippen LogP contribution in [0.3, 0.4) is 0 Å². The second kappa shape index (κ2) is 19.1. The fourth-order valence-electron chi connectivity index (χ4n) is 3.58. The van der Waals surface area contributed by atoms with Crippen LogP contribution in [0.5, 0.6) is 0 Å². The van der Waals surface area contributed by atoms with Crippen LogP contribution in [0, 0.1) is 0 Å². The summed E-state index contributed by atoms with van der Waals surface area (Å²) >= 11 is 8.80. The molecule has 0 saturated carbocycles. The van der Waals surface area contributed by atoms with Crippen molar-refractivity contribution in [3.05, 3.63) is 0 Å². The van der Waals surface area contributed by atoms with E-state index in [1.807, 2.05) is 0 Å². The third-order valence-corrected chi connectivity index (χ3v) is 10.7. The molecule has 0 heterocycles. The zero-order valence-electron chi connectivity index (χ0n) is 18.4. The van der Waals surface area contributed by atoms with Crippen LogP contribution in [0.2, 0.25) is 0 Å². The number of rotatable bonds is 6. The van der Waals surface area contributed by atoms with Crippen LogP contribution in [0.1, 0.15) is 83.1 Å². The SMILES string of the molecule is CC(C)P(C(C)C)C(C)C.CC(C)P(C(C)C)C(C)C.O=C(Cl)Cl.[Ru]. The van der Waals surface area contributed by atoms with Gasteiger partial charge >= 0.3 is 4.70 Å². The van der Waals surface area contributed by atoms with Crippen molar-refractivity contribution in [2.24, 2.45) is 0 Å². The van der Waals surface area contributed by atoms with Crippen LogP contribution < -0.4 is 0 Å². The Morgan fingerprint density at radius 1 is 0.520 bits per heavy atom. The van der Waals surface area contributed by atoms with Gasteiger partial charge in [-0.25, -0.2) is 0 Å². The minimum Gasteiger partial charge on any atom is -0.262 e. The molecule has 0 aliphatic heterocycles. The molecule has 1 nitrogen and oxygen atoms in total. The normalized spacial score (nSPS) is 11.1. The van der Waals surface area contributed by atoms with Gasteiger partial charge in [-0.05, 0) is 57.2 Å². The van der Waals surface area contributed by atoms with E-state index < -0.39 is 4.70 Å². The molecule has 0 atom stereocenters. The number of carbonyl (C=O) groups excluding carboxylic acids is 1. The van der Waals surface area contributed by atoms with Gasteiger partial charge in [-0.3, -0.25) is 4.79 Å². The minimum absolute atomic E-state index is 0. The van der Waals surface area contributed by atoms with E-state index in [0.717, 1.165) is 34.0 Å². The number of hydrogen-bond donors (Lipinski definition) is 0. The molecule has 0 aliphatic rings. The van der Waals surface area contributed by atoms with E-state index >= 15 is 0 Å². The molecule has 0 unspecified atom stereocenters. The molecular weight excluding hydrogens is 478 g/mol. The number of halogens is 2. The molecule has 0 amide bonds. The third kappa shape index (κ3) is 21.9. The Labute approximate surface area is 184 Å². The maximum Gasteiger partial charge on any atom is 0.313 e. The van der Waals surface area contributed by atoms with E-state index in [1.165, 1.54) is 0 Å². The average Bonchev–Trinajstić information content (AvgIpc) is 2.23. The Morgan fingerprint density at radius 2 is 0.600 bits per heavy atom. The Bertz CT molecular complexity index is 244. The van der Waals surface area contributed by atoms with E-state index in [4.69, 9.17) is 4.79 Å². The molecule has 6 heteroatoms. The van der Waals surface area contributed by atoms with Crippen LogP contribution in [-0.2, 0) is 19.5 Å². The standard InChI is InChI=1S/2C9H21P.CCl2O.Ru/c2*1-7(2)10(8(3)4)9(5)6;2-1(3)4;/h2*7-9H,1-6H3;;. The van der Waals surface area contributed by atoms with Crippen molar-refractivity contribution in [2.75, 3.05) is 0 Å². The molecule has 0 saturated heterocycles. The second-order valence-electron chi connectivity index (χ2n) is 7.68. The van der Waals surface area contributed by atoms with Gasteiger partial charge in [-0.2, -0.15) is 0 Å². The quantitative estimate of drug-likeness (QED) is 0.194. The molecule has 25 heavy (non-hydrogen) atoms. The van der Waals surface area contributed by atoms with Crippen molar-refractivity contribution in [1.82, 2.24) is 0 Å². The second-order valence-corrected chi connectivity index (χ2v) is 16.5. The zero-order chi connectivity index (χ0) is 20.2. The van der Waals surface area contributed by atoms with Crippen LogP contribution in [0.4, 0.5) is 4.79 Å². The first-order chi connectivity index (χ1) is 10.7. The summed E-state index contributed by atoms with van der Waals surface area (Å²) in [4.78, 5) is 8.98. The maximum atomic E-state index is 8.98. The van der Waals surface area contributed by atoms with Gasteiger partial charge in [-0.1, -0.05) is 98.9 Å². The molecule has 0 bridgehead atoms. The molecule has 0 spiro atoms. The molecule has 0 N–H and O–H groups in total. The summed E-state index contributed by atoms with van der Waals surface area (Å²) < 4.78 is -0.889. The molecule has 0 rings (SSSR count). The van der Waals surface area contributed by atoms with Gasteiger partial charge in [0.05, 0.1) is 0 Å². The van der Waals surface area contributed by atoms with Crippen molar-refractivity contribution in [3.63, 3.8) is 0 Å². The summed E-state index contributed by atoms with van der Waals surface area (Å²) in [6, 6.07) is 0. The molecule has 0 aromatic carbocycles. The van der Waals surface area contributed by atoms with Crippen molar-refractivity contribution < 1.29 is 24.3 Å². The smallest absolute Gasteiger partial charge is 0.262 e. The number of hydrogen-bond acceptors (Lipinski definition) is 1. The van der Waals surface area contributed by atoms with Gasteiger partial charge in [0.15, 0.2) is 0 Å². The first-order valence-electron chi connectivity index (χ1n) is 9.06. The van der Waals surface area contributed by atoms with Crippen molar-refractivity contribution >= 4 is 43.7 Å². The average molecular weight is 520 g/mol. The van der Waals surface area contributed by atoms with E-state index in [2.05, 4.69) is 106 Å². The molecule has 0 aromatic heterocycles. The van der Waals surface area contributed by atoms with Gasteiger partial charge in [-0.15, -0.1) is 0 Å². The molecule has 0 aromatic rings. The summed E-state index contributed by atoms with van der Waals surface area (Å²) in [6.45, 7) is 28.2. The first kappa shape index (κ1) is 34.3. The Morgan fingerprint density at radius 3 is 0.600 bits per heavy atom. The topological polar surface area (TPSA) is 17.1 Å². The predicted molar refractivity (Wildman–Crippen MR) is 122 cm³/mol. The third-order valence-electron chi connectivity index (χ3n) is 3.58. The molecule has 156 valence electrons. The molecular formula is C19H42Cl2OP2Ru. The predicted octanol–water partition coefficient (Wildman–Crippen LogP) is 8.97. The van der Waals surface area contributed by atoms with E-state index in [-0.39, 0.29) is 35.3 Å². The maximum absolute atomic E-state index is 8.98. The summed E-state index contributed by atoms with van der Waals surface area (Å²) in [5, 5.41) is 0. The largest absolute Gasteiger partial charge is 0.313 e. The fourth-order valence-corrected chi connectivity index (χ4v) is 10.7. The monoisotopic (exact) mass is 520 g/mol. The molecule has 0 fully saturated rings. The Kier molecular flexibility index (Phi) is 26.1. The van der Waals surface area contributed by atoms with Gasteiger partial charge < -0.3 is 0 Å². The van der Waals surface area contributed by atoms with E-state index in [1.54, 1.807) is 0 Å². The van der Waals surface area contributed by atoms with Crippen LogP contribution in [-0.4, -0.2) is 38.7 Å². The first-order valence-corrected chi connectivity index (χ1v) is 12.9. The summed E-state index contributed by atoms with van der Waals surface area (Å²) in [7, 11) is 0.525. The molecule has 0 aliphatic carbocycles. The summed E-state index contributed by atoms with van der Waals surface area (Å²) in [5.41, 5.74) is 5.39. The Balaban J connectivity index is -0.000000141. The fraction of sp³-hybridized carbons (Fsp3) is 0.947. The van der Waals surface area contributed by atoms with Crippen molar-refractivity contribution in [2.45, 2.75) is 117 Å². The number of carbonyl (C=O) groups is 1. The van der Waals surface area contributed by atoms with Crippen LogP contribution >= 0.6 is 39.0 Å². The van der Waals surface area contributed by atoms with Gasteiger partial charge in [0.1, 0.15) is 0 Å². The van der Waals surface area contributed by atoms with Gasteiger partial charge in [0.2, 0.25) is 0 Å². The van der Waals surface area contributed by atoms with Crippen molar-refractivity contribution in [3.8, 4) is 0 Å².